The van der Waals surface area contributed by atoms with Crippen molar-refractivity contribution < 1.29 is 4.74 Å². The summed E-state index contributed by atoms with van der Waals surface area (Å²) < 4.78 is 5.95. The molecule has 4 nitrogen and oxygen atoms in total. The van der Waals surface area contributed by atoms with E-state index < -0.39 is 0 Å². The Morgan fingerprint density at radius 1 is 1.33 bits per heavy atom. The lowest BCUT2D eigenvalue weighted by atomic mass is 9.55. The normalized spacial score (nSPS) is 29.4. The molecule has 0 amide bonds. The standard InChI is InChI=1S/C16H31N3O.HI/c1-4-12(3)18-15(17)19-13-11-14(20-5-2)16(13)9-7-6-8-10-16;/h12-14H,4-11H2,1-3H3,(H3,17,18,19);1H. The molecule has 2 rings (SSSR count). The Bertz CT molecular complexity index is 342. The predicted octanol–water partition coefficient (Wildman–Crippen LogP) is 3.44. The molecular formula is C16H32IN3O. The van der Waals surface area contributed by atoms with Crippen LogP contribution in [-0.2, 0) is 4.74 Å². The molecule has 0 aliphatic heterocycles. The summed E-state index contributed by atoms with van der Waals surface area (Å²) in [4.78, 5) is 4.78. The van der Waals surface area contributed by atoms with E-state index in [-0.39, 0.29) is 29.4 Å². The zero-order valence-electron chi connectivity index (χ0n) is 13.7. The van der Waals surface area contributed by atoms with Gasteiger partial charge in [-0.2, -0.15) is 0 Å². The molecule has 0 saturated heterocycles. The summed E-state index contributed by atoms with van der Waals surface area (Å²) in [6, 6.07) is 0.750. The molecule has 0 bridgehead atoms. The van der Waals surface area contributed by atoms with Gasteiger partial charge in [-0.15, -0.1) is 24.0 Å². The monoisotopic (exact) mass is 409 g/mol. The van der Waals surface area contributed by atoms with Crippen LogP contribution < -0.4 is 11.1 Å². The molecule has 5 heteroatoms. The van der Waals surface area contributed by atoms with Gasteiger partial charge in [0.1, 0.15) is 0 Å². The van der Waals surface area contributed by atoms with Gasteiger partial charge in [-0.25, -0.2) is 4.99 Å². The van der Waals surface area contributed by atoms with Crippen LogP contribution in [0.5, 0.6) is 0 Å². The Hall–Kier alpha value is -0.0400. The maximum atomic E-state index is 6.07. The molecule has 3 atom stereocenters. The molecule has 0 aromatic carbocycles. The summed E-state index contributed by atoms with van der Waals surface area (Å²) >= 11 is 0. The smallest absolute Gasteiger partial charge is 0.189 e. The molecule has 2 saturated carbocycles. The van der Waals surface area contributed by atoms with E-state index in [1.54, 1.807) is 0 Å². The second-order valence-electron chi connectivity index (χ2n) is 6.46. The fraction of sp³-hybridized carbons (Fsp3) is 0.938. The molecule has 21 heavy (non-hydrogen) atoms. The summed E-state index contributed by atoms with van der Waals surface area (Å²) in [5, 5.41) is 3.28. The van der Waals surface area contributed by atoms with Crippen molar-refractivity contribution >= 4 is 29.9 Å². The van der Waals surface area contributed by atoms with E-state index in [0.717, 1.165) is 19.4 Å². The zero-order valence-corrected chi connectivity index (χ0v) is 16.1. The number of nitrogens with one attached hydrogen (secondary N) is 1. The molecule has 0 aromatic heterocycles. The van der Waals surface area contributed by atoms with Crippen molar-refractivity contribution in [2.24, 2.45) is 16.1 Å². The second-order valence-corrected chi connectivity index (χ2v) is 6.46. The average molecular weight is 409 g/mol. The average Bonchev–Trinajstić information content (AvgIpc) is 2.47. The first-order chi connectivity index (χ1) is 9.62. The fourth-order valence-corrected chi connectivity index (χ4v) is 3.77. The van der Waals surface area contributed by atoms with Gasteiger partial charge in [0.15, 0.2) is 5.96 Å². The van der Waals surface area contributed by atoms with E-state index in [2.05, 4.69) is 26.1 Å². The number of nitrogens with two attached hydrogens (primary N) is 1. The van der Waals surface area contributed by atoms with E-state index in [1.807, 2.05) is 0 Å². The van der Waals surface area contributed by atoms with Crippen LogP contribution in [0, 0.1) is 5.41 Å². The molecule has 2 aliphatic carbocycles. The molecule has 0 radical (unpaired) electrons. The molecule has 3 N–H and O–H groups in total. The summed E-state index contributed by atoms with van der Waals surface area (Å²) in [6.45, 7) is 7.19. The van der Waals surface area contributed by atoms with Crippen LogP contribution in [-0.4, -0.2) is 30.8 Å². The number of aliphatic imine (C=N–C) groups is 1. The second kappa shape index (κ2) is 8.56. The Labute approximate surface area is 146 Å². The molecule has 2 aliphatic rings. The lowest BCUT2D eigenvalue weighted by Crippen LogP contribution is -2.59. The lowest BCUT2D eigenvalue weighted by Gasteiger charge is -2.56. The van der Waals surface area contributed by atoms with Gasteiger partial charge < -0.3 is 15.8 Å². The minimum Gasteiger partial charge on any atom is -0.378 e. The van der Waals surface area contributed by atoms with Crippen LogP contribution in [0.2, 0.25) is 0 Å². The van der Waals surface area contributed by atoms with Gasteiger partial charge in [-0.05, 0) is 39.5 Å². The van der Waals surface area contributed by atoms with Gasteiger partial charge >= 0.3 is 0 Å². The molecule has 124 valence electrons. The van der Waals surface area contributed by atoms with Crippen LogP contribution in [0.25, 0.3) is 0 Å². The van der Waals surface area contributed by atoms with Gasteiger partial charge in [-0.3, -0.25) is 0 Å². The number of ether oxygens (including phenoxy) is 1. The van der Waals surface area contributed by atoms with Gasteiger partial charge in [0, 0.05) is 18.1 Å². The minimum atomic E-state index is 0. The van der Waals surface area contributed by atoms with Gasteiger partial charge in [0.2, 0.25) is 0 Å². The van der Waals surface area contributed by atoms with Gasteiger partial charge in [-0.1, -0.05) is 26.2 Å². The summed E-state index contributed by atoms with van der Waals surface area (Å²) in [5.41, 5.74) is 6.34. The third-order valence-corrected chi connectivity index (χ3v) is 5.20. The predicted molar refractivity (Wildman–Crippen MR) is 99.3 cm³/mol. The summed E-state index contributed by atoms with van der Waals surface area (Å²) in [5.74, 6) is 0.615. The van der Waals surface area contributed by atoms with Crippen LogP contribution in [0.4, 0.5) is 0 Å². The van der Waals surface area contributed by atoms with Crippen LogP contribution in [0.3, 0.4) is 0 Å². The van der Waals surface area contributed by atoms with Crippen molar-refractivity contribution in [1.29, 1.82) is 0 Å². The molecule has 3 unspecified atom stereocenters. The maximum absolute atomic E-state index is 6.07. The number of guanidine groups is 1. The minimum absolute atomic E-state index is 0. The van der Waals surface area contributed by atoms with E-state index in [4.69, 9.17) is 15.5 Å². The highest BCUT2D eigenvalue weighted by Crippen LogP contribution is 2.54. The van der Waals surface area contributed by atoms with Crippen molar-refractivity contribution in [3.05, 3.63) is 0 Å². The number of hydrogen-bond donors (Lipinski definition) is 2. The molecule has 0 heterocycles. The molecule has 2 fully saturated rings. The number of hydrogen-bond acceptors (Lipinski definition) is 2. The third kappa shape index (κ3) is 4.24. The van der Waals surface area contributed by atoms with Crippen LogP contribution in [0.1, 0.15) is 65.7 Å². The Balaban J connectivity index is 0.00000220. The van der Waals surface area contributed by atoms with Gasteiger partial charge in [0.25, 0.3) is 0 Å². The number of halogens is 1. The van der Waals surface area contributed by atoms with Crippen LogP contribution >= 0.6 is 24.0 Å². The maximum Gasteiger partial charge on any atom is 0.189 e. The fourth-order valence-electron chi connectivity index (χ4n) is 3.77. The number of rotatable bonds is 5. The first-order valence-corrected chi connectivity index (χ1v) is 8.33. The van der Waals surface area contributed by atoms with Gasteiger partial charge in [0.05, 0.1) is 12.1 Å². The van der Waals surface area contributed by atoms with E-state index >= 15 is 0 Å². The Kier molecular flexibility index (Phi) is 7.74. The van der Waals surface area contributed by atoms with Crippen molar-refractivity contribution in [1.82, 2.24) is 5.32 Å². The highest BCUT2D eigenvalue weighted by Gasteiger charge is 2.55. The summed E-state index contributed by atoms with van der Waals surface area (Å²) in [7, 11) is 0. The quantitative estimate of drug-likeness (QED) is 0.416. The first-order valence-electron chi connectivity index (χ1n) is 8.33. The van der Waals surface area contributed by atoms with E-state index in [9.17, 15) is 0 Å². The van der Waals surface area contributed by atoms with Crippen LogP contribution in [0.15, 0.2) is 4.99 Å². The molecule has 0 aromatic rings. The lowest BCUT2D eigenvalue weighted by molar-refractivity contribution is -0.139. The number of nitrogens with zero attached hydrogens (tertiary/aromatic N) is 1. The molecule has 1 spiro atoms. The topological polar surface area (TPSA) is 59.6 Å². The highest BCUT2D eigenvalue weighted by atomic mass is 127. The van der Waals surface area contributed by atoms with Crippen molar-refractivity contribution in [2.45, 2.75) is 83.9 Å². The highest BCUT2D eigenvalue weighted by molar-refractivity contribution is 14.0. The Morgan fingerprint density at radius 2 is 2.00 bits per heavy atom. The SMILES string of the molecule is CCOC1CC(N=C(N)NC(C)CC)C12CCCCC2.I. The third-order valence-electron chi connectivity index (χ3n) is 5.20. The Morgan fingerprint density at radius 3 is 2.57 bits per heavy atom. The largest absolute Gasteiger partial charge is 0.378 e. The summed E-state index contributed by atoms with van der Waals surface area (Å²) in [6.07, 6.45) is 8.99. The van der Waals surface area contributed by atoms with E-state index in [0.29, 0.717) is 24.1 Å². The van der Waals surface area contributed by atoms with Crippen molar-refractivity contribution in [2.75, 3.05) is 6.61 Å². The van der Waals surface area contributed by atoms with E-state index in [1.165, 1.54) is 32.1 Å². The zero-order chi connectivity index (χ0) is 14.6. The first kappa shape index (κ1) is 19.0. The van der Waals surface area contributed by atoms with Crippen molar-refractivity contribution in [3.63, 3.8) is 0 Å². The molecular weight excluding hydrogens is 377 g/mol. The van der Waals surface area contributed by atoms with Crippen molar-refractivity contribution in [3.8, 4) is 0 Å².